The molecule has 3 rings (SSSR count). The van der Waals surface area contributed by atoms with E-state index in [1.165, 1.54) is 5.56 Å². The summed E-state index contributed by atoms with van der Waals surface area (Å²) >= 11 is 0. The molecule has 0 unspecified atom stereocenters. The summed E-state index contributed by atoms with van der Waals surface area (Å²) in [4.78, 5) is 12.0. The maximum absolute atomic E-state index is 12.0. The third-order valence-electron chi connectivity index (χ3n) is 3.76. The predicted octanol–water partition coefficient (Wildman–Crippen LogP) is 3.90. The van der Waals surface area contributed by atoms with Gasteiger partial charge in [-0.25, -0.2) is 0 Å². The number of carbonyl (C=O) groups is 1. The molecule has 1 atom stereocenters. The molecule has 0 radical (unpaired) electrons. The molecule has 4 nitrogen and oxygen atoms in total. The minimum Gasteiger partial charge on any atom is -0.457 e. The van der Waals surface area contributed by atoms with Crippen molar-refractivity contribution >= 4 is 24.0 Å². The molecule has 1 heterocycles. The summed E-state index contributed by atoms with van der Waals surface area (Å²) in [6, 6.07) is 15.3. The quantitative estimate of drug-likeness (QED) is 0.892. The second kappa shape index (κ2) is 7.99. The fourth-order valence-electron chi connectivity index (χ4n) is 2.49. The summed E-state index contributed by atoms with van der Waals surface area (Å²) in [5, 5.41) is 6.11. The Morgan fingerprint density at radius 3 is 2.26 bits per heavy atom. The van der Waals surface area contributed by atoms with E-state index in [4.69, 9.17) is 4.74 Å². The van der Waals surface area contributed by atoms with Crippen LogP contribution in [0.4, 0.5) is 5.69 Å². The van der Waals surface area contributed by atoms with Gasteiger partial charge in [0.05, 0.1) is 6.04 Å². The van der Waals surface area contributed by atoms with Gasteiger partial charge in [-0.3, -0.25) is 4.79 Å². The van der Waals surface area contributed by atoms with E-state index in [-0.39, 0.29) is 24.4 Å². The molecule has 0 aromatic heterocycles. The number of rotatable bonds is 4. The molecule has 0 spiro atoms. The van der Waals surface area contributed by atoms with Crippen molar-refractivity contribution in [2.75, 3.05) is 11.9 Å². The second-order valence-corrected chi connectivity index (χ2v) is 5.58. The number of nitrogens with one attached hydrogen (secondary N) is 2. The lowest BCUT2D eigenvalue weighted by atomic mass is 10.2. The Bertz CT molecular complexity index is 635. The number of amides is 1. The molecule has 1 aliphatic heterocycles. The van der Waals surface area contributed by atoms with E-state index in [1.54, 1.807) is 0 Å². The van der Waals surface area contributed by atoms with Crippen LogP contribution in [0.5, 0.6) is 11.5 Å². The Hall–Kier alpha value is -2.04. The van der Waals surface area contributed by atoms with Crippen LogP contribution in [0.2, 0.25) is 0 Å². The minimum absolute atomic E-state index is 0. The van der Waals surface area contributed by atoms with Crippen molar-refractivity contribution in [2.45, 2.75) is 25.8 Å². The van der Waals surface area contributed by atoms with E-state index in [2.05, 4.69) is 10.6 Å². The second-order valence-electron chi connectivity index (χ2n) is 5.58. The van der Waals surface area contributed by atoms with Crippen molar-refractivity contribution in [2.24, 2.45) is 0 Å². The van der Waals surface area contributed by atoms with E-state index in [0.29, 0.717) is 0 Å². The molecule has 0 aliphatic carbocycles. The molecule has 5 heteroatoms. The predicted molar refractivity (Wildman–Crippen MR) is 94.6 cm³/mol. The lowest BCUT2D eigenvalue weighted by Crippen LogP contribution is -2.35. The molecule has 0 saturated carbocycles. The Kier molecular flexibility index (Phi) is 6.02. The van der Waals surface area contributed by atoms with Gasteiger partial charge in [-0.15, -0.1) is 12.4 Å². The Labute approximate surface area is 142 Å². The first-order valence-electron chi connectivity index (χ1n) is 7.59. The van der Waals surface area contributed by atoms with Crippen LogP contribution < -0.4 is 15.4 Å². The molecule has 122 valence electrons. The van der Waals surface area contributed by atoms with Crippen molar-refractivity contribution in [3.05, 3.63) is 54.1 Å². The molecule has 23 heavy (non-hydrogen) atoms. The molecular weight excluding hydrogens is 312 g/mol. The average molecular weight is 333 g/mol. The summed E-state index contributed by atoms with van der Waals surface area (Å²) in [6.07, 6.45) is 1.96. The summed E-state index contributed by atoms with van der Waals surface area (Å²) < 4.78 is 5.77. The van der Waals surface area contributed by atoms with E-state index < -0.39 is 0 Å². The van der Waals surface area contributed by atoms with Crippen LogP contribution in [0.25, 0.3) is 0 Å². The molecule has 2 aromatic rings. The van der Waals surface area contributed by atoms with Crippen LogP contribution in [0, 0.1) is 6.92 Å². The zero-order valence-corrected chi connectivity index (χ0v) is 13.9. The first-order chi connectivity index (χ1) is 10.7. The van der Waals surface area contributed by atoms with Gasteiger partial charge in [0.25, 0.3) is 0 Å². The van der Waals surface area contributed by atoms with Gasteiger partial charge in [-0.05, 0) is 62.7 Å². The number of benzene rings is 2. The van der Waals surface area contributed by atoms with Gasteiger partial charge in [0, 0.05) is 5.69 Å². The Balaban J connectivity index is 0.00000192. The van der Waals surface area contributed by atoms with Crippen LogP contribution in [-0.4, -0.2) is 18.5 Å². The largest absolute Gasteiger partial charge is 0.457 e. The van der Waals surface area contributed by atoms with Crippen LogP contribution >= 0.6 is 12.4 Å². The maximum Gasteiger partial charge on any atom is 0.241 e. The van der Waals surface area contributed by atoms with Crippen LogP contribution in [0.1, 0.15) is 18.4 Å². The smallest absolute Gasteiger partial charge is 0.241 e. The van der Waals surface area contributed by atoms with Gasteiger partial charge in [0.1, 0.15) is 11.5 Å². The Morgan fingerprint density at radius 1 is 1.09 bits per heavy atom. The highest BCUT2D eigenvalue weighted by Crippen LogP contribution is 2.23. The molecular formula is C18H21ClN2O2. The van der Waals surface area contributed by atoms with Gasteiger partial charge in [0.2, 0.25) is 5.91 Å². The third-order valence-corrected chi connectivity index (χ3v) is 3.76. The number of hydrogen-bond donors (Lipinski definition) is 2. The molecule has 0 bridgehead atoms. The van der Waals surface area contributed by atoms with Gasteiger partial charge in [0.15, 0.2) is 0 Å². The van der Waals surface area contributed by atoms with Crippen molar-refractivity contribution in [1.29, 1.82) is 0 Å². The number of hydrogen-bond acceptors (Lipinski definition) is 3. The lowest BCUT2D eigenvalue weighted by Gasteiger charge is -2.12. The summed E-state index contributed by atoms with van der Waals surface area (Å²) in [7, 11) is 0. The first kappa shape index (κ1) is 17.3. The lowest BCUT2D eigenvalue weighted by molar-refractivity contribution is -0.117. The number of carbonyl (C=O) groups excluding carboxylic acids is 1. The van der Waals surface area contributed by atoms with Crippen LogP contribution in [0.15, 0.2) is 48.5 Å². The topological polar surface area (TPSA) is 50.4 Å². The number of halogens is 1. The molecule has 1 fully saturated rings. The van der Waals surface area contributed by atoms with Gasteiger partial charge < -0.3 is 15.4 Å². The Morgan fingerprint density at radius 2 is 1.70 bits per heavy atom. The fraction of sp³-hybridized carbons (Fsp3) is 0.278. The zero-order chi connectivity index (χ0) is 15.4. The summed E-state index contributed by atoms with van der Waals surface area (Å²) in [6.45, 7) is 2.96. The molecule has 2 aromatic carbocycles. The third kappa shape index (κ3) is 4.71. The van der Waals surface area contributed by atoms with Gasteiger partial charge in [-0.2, -0.15) is 0 Å². The summed E-state index contributed by atoms with van der Waals surface area (Å²) in [5.41, 5.74) is 1.99. The maximum atomic E-state index is 12.0. The zero-order valence-electron chi connectivity index (χ0n) is 13.0. The molecule has 1 aliphatic rings. The normalized spacial score (nSPS) is 16.5. The van der Waals surface area contributed by atoms with Gasteiger partial charge >= 0.3 is 0 Å². The van der Waals surface area contributed by atoms with Crippen molar-refractivity contribution in [3.8, 4) is 11.5 Å². The fourth-order valence-corrected chi connectivity index (χ4v) is 2.49. The van der Waals surface area contributed by atoms with Crippen molar-refractivity contribution in [1.82, 2.24) is 5.32 Å². The number of anilines is 1. The highest BCUT2D eigenvalue weighted by Gasteiger charge is 2.21. The van der Waals surface area contributed by atoms with E-state index in [1.807, 2.05) is 55.5 Å². The van der Waals surface area contributed by atoms with E-state index >= 15 is 0 Å². The average Bonchev–Trinajstić information content (AvgIpc) is 3.06. The van der Waals surface area contributed by atoms with Crippen LogP contribution in [0.3, 0.4) is 0 Å². The number of aryl methyl sites for hydroxylation is 1. The van der Waals surface area contributed by atoms with E-state index in [0.717, 1.165) is 36.6 Å². The molecule has 1 amide bonds. The summed E-state index contributed by atoms with van der Waals surface area (Å²) in [5.74, 6) is 1.59. The SMILES string of the molecule is Cc1ccc(Oc2ccc(NC(=O)[C@@H]3CCCN3)cc2)cc1.Cl. The monoisotopic (exact) mass is 332 g/mol. The highest BCUT2D eigenvalue weighted by molar-refractivity contribution is 5.95. The number of ether oxygens (including phenoxy) is 1. The molecule has 2 N–H and O–H groups in total. The molecule has 1 saturated heterocycles. The van der Waals surface area contributed by atoms with Crippen molar-refractivity contribution in [3.63, 3.8) is 0 Å². The highest BCUT2D eigenvalue weighted by atomic mass is 35.5. The van der Waals surface area contributed by atoms with Gasteiger partial charge in [-0.1, -0.05) is 17.7 Å². The van der Waals surface area contributed by atoms with Crippen LogP contribution in [-0.2, 0) is 4.79 Å². The van der Waals surface area contributed by atoms with Crippen molar-refractivity contribution < 1.29 is 9.53 Å². The first-order valence-corrected chi connectivity index (χ1v) is 7.59. The standard InChI is InChI=1S/C18H20N2O2.ClH/c1-13-4-8-15(9-5-13)22-16-10-6-14(7-11-16)20-18(21)17-3-2-12-19-17;/h4-11,17,19H,2-3,12H2,1H3,(H,20,21);1H/t17-;/m0./s1. The van der Waals surface area contributed by atoms with E-state index in [9.17, 15) is 4.79 Å². The minimum atomic E-state index is -0.0662.